The lowest BCUT2D eigenvalue weighted by Crippen LogP contribution is -2.38. The number of anilines is 2. The molecule has 0 unspecified atom stereocenters. The number of benzene rings is 1. The van der Waals surface area contributed by atoms with E-state index in [0.29, 0.717) is 23.7 Å². The minimum absolute atomic E-state index is 0.458. The van der Waals surface area contributed by atoms with E-state index >= 15 is 0 Å². The summed E-state index contributed by atoms with van der Waals surface area (Å²) in [6, 6.07) is 7.65. The number of fused-ring (bicyclic) bond motifs is 1. The summed E-state index contributed by atoms with van der Waals surface area (Å²) in [5, 5.41) is 16.1. The molecule has 0 radical (unpaired) electrons. The zero-order chi connectivity index (χ0) is 21.8. The van der Waals surface area contributed by atoms with Gasteiger partial charge >= 0.3 is 0 Å². The fourth-order valence-corrected chi connectivity index (χ4v) is 3.56. The van der Waals surface area contributed by atoms with E-state index in [1.807, 2.05) is 42.1 Å². The number of nitrogens with zero attached hydrogens (tertiary/aromatic N) is 8. The molecule has 0 bridgehead atoms. The monoisotopic (exact) mass is 435 g/mol. The summed E-state index contributed by atoms with van der Waals surface area (Å²) in [6.07, 6.45) is 5.39. The largest absolute Gasteiger partial charge is 0.494 e. The quantitative estimate of drug-likeness (QED) is 0.444. The van der Waals surface area contributed by atoms with Gasteiger partial charge in [0.2, 0.25) is 5.95 Å². The molecule has 3 aromatic heterocycles. The standard InChI is InChI=1S/C21H25N9O2/c1-2-32-18-5-3-17(4-6-18)30-20-19(26-27-30)14-22-21(25-20)24-16-13-23-29(15-16)8-7-28-9-11-31-12-10-28/h3-6,13-15H,2,7-12H2,1H3,(H,22,24,25). The SMILES string of the molecule is CCOc1ccc(-n2nnc3cnc(Nc4cnn(CCN5CCOCC5)c4)nc32)cc1. The molecule has 11 heteroatoms. The smallest absolute Gasteiger partial charge is 0.229 e. The van der Waals surface area contributed by atoms with Gasteiger partial charge in [0.05, 0.1) is 50.1 Å². The van der Waals surface area contributed by atoms with Crippen molar-refractivity contribution in [2.75, 3.05) is 44.8 Å². The van der Waals surface area contributed by atoms with E-state index in [4.69, 9.17) is 9.47 Å². The summed E-state index contributed by atoms with van der Waals surface area (Å²) >= 11 is 0. The Balaban J connectivity index is 1.29. The first-order valence-electron chi connectivity index (χ1n) is 10.7. The first kappa shape index (κ1) is 20.3. The van der Waals surface area contributed by atoms with Gasteiger partial charge in [-0.25, -0.2) is 4.98 Å². The second-order valence-electron chi connectivity index (χ2n) is 7.40. The minimum Gasteiger partial charge on any atom is -0.494 e. The average Bonchev–Trinajstić information content (AvgIpc) is 3.46. The van der Waals surface area contributed by atoms with Gasteiger partial charge in [0.25, 0.3) is 0 Å². The van der Waals surface area contributed by atoms with E-state index in [1.165, 1.54) is 0 Å². The molecule has 1 N–H and O–H groups in total. The number of nitrogens with one attached hydrogen (secondary N) is 1. The second kappa shape index (κ2) is 9.28. The van der Waals surface area contributed by atoms with Crippen LogP contribution in [0.15, 0.2) is 42.9 Å². The summed E-state index contributed by atoms with van der Waals surface area (Å²) in [7, 11) is 0. The lowest BCUT2D eigenvalue weighted by atomic mass is 10.3. The molecule has 0 spiro atoms. The van der Waals surface area contributed by atoms with Crippen LogP contribution in [-0.2, 0) is 11.3 Å². The normalized spacial score (nSPS) is 14.7. The van der Waals surface area contributed by atoms with Gasteiger partial charge in [-0.1, -0.05) is 5.21 Å². The third kappa shape index (κ3) is 4.53. The Bertz CT molecular complexity index is 1170. The zero-order valence-corrected chi connectivity index (χ0v) is 17.9. The Labute approximate surface area is 185 Å². The first-order chi connectivity index (χ1) is 15.8. The molecule has 0 aliphatic carbocycles. The van der Waals surface area contributed by atoms with Crippen LogP contribution in [0.25, 0.3) is 16.9 Å². The van der Waals surface area contributed by atoms with Crippen LogP contribution < -0.4 is 10.1 Å². The van der Waals surface area contributed by atoms with Gasteiger partial charge in [-0.15, -0.1) is 5.10 Å². The number of morpholine rings is 1. The number of hydrogen-bond acceptors (Lipinski definition) is 9. The third-order valence-electron chi connectivity index (χ3n) is 5.22. The Morgan fingerprint density at radius 3 is 2.75 bits per heavy atom. The lowest BCUT2D eigenvalue weighted by molar-refractivity contribution is 0.0360. The van der Waals surface area contributed by atoms with Crippen molar-refractivity contribution in [3.05, 3.63) is 42.9 Å². The topological polar surface area (TPSA) is 108 Å². The highest BCUT2D eigenvalue weighted by molar-refractivity contribution is 5.72. The van der Waals surface area contributed by atoms with E-state index < -0.39 is 0 Å². The van der Waals surface area contributed by atoms with Crippen LogP contribution in [0.1, 0.15) is 6.92 Å². The van der Waals surface area contributed by atoms with Crippen molar-refractivity contribution in [3.63, 3.8) is 0 Å². The molecule has 4 aromatic rings. The maximum Gasteiger partial charge on any atom is 0.229 e. The number of ether oxygens (including phenoxy) is 2. The van der Waals surface area contributed by atoms with E-state index in [1.54, 1.807) is 17.1 Å². The molecule has 32 heavy (non-hydrogen) atoms. The van der Waals surface area contributed by atoms with Crippen LogP contribution in [0.5, 0.6) is 5.75 Å². The van der Waals surface area contributed by atoms with Crippen LogP contribution in [0.4, 0.5) is 11.6 Å². The molecule has 5 rings (SSSR count). The molecule has 1 aliphatic rings. The maximum atomic E-state index is 5.51. The molecule has 11 nitrogen and oxygen atoms in total. The molecule has 0 atom stereocenters. The molecule has 1 fully saturated rings. The summed E-state index contributed by atoms with van der Waals surface area (Å²) in [5.41, 5.74) is 2.90. The number of rotatable bonds is 8. The lowest BCUT2D eigenvalue weighted by Gasteiger charge is -2.26. The van der Waals surface area contributed by atoms with Gasteiger partial charge < -0.3 is 14.8 Å². The molecule has 4 heterocycles. The first-order valence-corrected chi connectivity index (χ1v) is 10.7. The van der Waals surface area contributed by atoms with Crippen molar-refractivity contribution >= 4 is 22.8 Å². The van der Waals surface area contributed by atoms with Gasteiger partial charge in [0.1, 0.15) is 5.75 Å². The Morgan fingerprint density at radius 2 is 1.94 bits per heavy atom. The summed E-state index contributed by atoms with van der Waals surface area (Å²) < 4.78 is 14.5. The van der Waals surface area contributed by atoms with Gasteiger partial charge in [0, 0.05) is 25.8 Å². The maximum absolute atomic E-state index is 5.51. The van der Waals surface area contributed by atoms with Crippen molar-refractivity contribution < 1.29 is 9.47 Å². The van der Waals surface area contributed by atoms with Gasteiger partial charge in [0.15, 0.2) is 11.2 Å². The van der Waals surface area contributed by atoms with Gasteiger partial charge in [-0.3, -0.25) is 9.58 Å². The Hall–Kier alpha value is -3.57. The molecule has 1 saturated heterocycles. The average molecular weight is 435 g/mol. The van der Waals surface area contributed by atoms with Crippen LogP contribution in [0, 0.1) is 0 Å². The van der Waals surface area contributed by atoms with Crippen molar-refractivity contribution in [1.29, 1.82) is 0 Å². The van der Waals surface area contributed by atoms with Gasteiger partial charge in [-0.2, -0.15) is 14.8 Å². The third-order valence-corrected chi connectivity index (χ3v) is 5.22. The summed E-state index contributed by atoms with van der Waals surface area (Å²) in [6.45, 7) is 7.87. The van der Waals surface area contributed by atoms with E-state index in [9.17, 15) is 0 Å². The molecular formula is C21H25N9O2. The van der Waals surface area contributed by atoms with Gasteiger partial charge in [-0.05, 0) is 31.2 Å². The second-order valence-corrected chi connectivity index (χ2v) is 7.40. The van der Waals surface area contributed by atoms with Crippen molar-refractivity contribution in [2.24, 2.45) is 0 Å². The molecule has 166 valence electrons. The van der Waals surface area contributed by atoms with E-state index in [-0.39, 0.29) is 0 Å². The van der Waals surface area contributed by atoms with Crippen LogP contribution in [0.3, 0.4) is 0 Å². The molecule has 1 aliphatic heterocycles. The fourth-order valence-electron chi connectivity index (χ4n) is 3.56. The molecule has 1 aromatic carbocycles. The minimum atomic E-state index is 0.458. The van der Waals surface area contributed by atoms with Crippen molar-refractivity contribution in [1.82, 2.24) is 39.6 Å². The van der Waals surface area contributed by atoms with Crippen LogP contribution in [0.2, 0.25) is 0 Å². The summed E-state index contributed by atoms with van der Waals surface area (Å²) in [4.78, 5) is 11.4. The Kier molecular flexibility index (Phi) is 5.90. The predicted octanol–water partition coefficient (Wildman–Crippen LogP) is 1.88. The predicted molar refractivity (Wildman–Crippen MR) is 118 cm³/mol. The number of aromatic nitrogens is 7. The molecule has 0 amide bonds. The highest BCUT2D eigenvalue weighted by atomic mass is 16.5. The Morgan fingerprint density at radius 1 is 1.09 bits per heavy atom. The highest BCUT2D eigenvalue weighted by Crippen LogP contribution is 2.20. The fraction of sp³-hybridized carbons (Fsp3) is 0.381. The van der Waals surface area contributed by atoms with Crippen LogP contribution in [-0.4, -0.2) is 79.1 Å². The van der Waals surface area contributed by atoms with E-state index in [2.05, 4.69) is 35.6 Å². The number of hydrogen-bond donors (Lipinski definition) is 1. The van der Waals surface area contributed by atoms with E-state index in [0.717, 1.165) is 56.5 Å². The van der Waals surface area contributed by atoms with Crippen LogP contribution >= 0.6 is 0 Å². The summed E-state index contributed by atoms with van der Waals surface area (Å²) in [5.74, 6) is 1.27. The molecular weight excluding hydrogens is 410 g/mol. The highest BCUT2D eigenvalue weighted by Gasteiger charge is 2.12. The molecule has 0 saturated carbocycles. The zero-order valence-electron chi connectivity index (χ0n) is 17.9. The van der Waals surface area contributed by atoms with Crippen molar-refractivity contribution in [3.8, 4) is 11.4 Å². The van der Waals surface area contributed by atoms with Crippen molar-refractivity contribution in [2.45, 2.75) is 13.5 Å².